The molecule has 0 aliphatic heterocycles. The number of allylic oxidation sites excluding steroid dienone is 1. The average Bonchev–Trinajstić information content (AvgIpc) is 2.84. The molecule has 0 N–H and O–H groups in total. The highest BCUT2D eigenvalue weighted by Gasteiger charge is 1.80. The van der Waals surface area contributed by atoms with Gasteiger partial charge in [0.25, 0.3) is 0 Å². The highest BCUT2D eigenvalue weighted by molar-refractivity contribution is 7.07. The van der Waals surface area contributed by atoms with Crippen molar-refractivity contribution >= 4 is 23.5 Å². The largest absolute Gasteiger partial charge is 0.144 e. The Bertz CT molecular complexity index is 317. The van der Waals surface area contributed by atoms with Crippen LogP contribution in [0.2, 0.25) is 0 Å². The fourth-order valence-electron chi connectivity index (χ4n) is 0.812. The Kier molecular flexibility index (Phi) is 25.3. The van der Waals surface area contributed by atoms with E-state index in [4.69, 9.17) is 0 Å². The molecular formula is C15H28S. The van der Waals surface area contributed by atoms with Gasteiger partial charge in [0.2, 0.25) is 0 Å². The van der Waals surface area contributed by atoms with Gasteiger partial charge in [0, 0.05) is 4.53 Å². The molecule has 94 valence electrons. The lowest BCUT2D eigenvalue weighted by atomic mass is 10.4. The van der Waals surface area contributed by atoms with Crippen molar-refractivity contribution in [2.45, 2.75) is 48.5 Å². The van der Waals surface area contributed by atoms with Crippen LogP contribution in [0.25, 0.3) is 12.2 Å². The van der Waals surface area contributed by atoms with Crippen molar-refractivity contribution in [3.8, 4) is 0 Å². The Morgan fingerprint density at radius 1 is 1.06 bits per heavy atom. The summed E-state index contributed by atoms with van der Waals surface area (Å²) in [5, 5.41) is 3.38. The van der Waals surface area contributed by atoms with Gasteiger partial charge in [0.05, 0.1) is 0 Å². The van der Waals surface area contributed by atoms with Crippen molar-refractivity contribution in [3.63, 3.8) is 0 Å². The van der Waals surface area contributed by atoms with Gasteiger partial charge in [0.15, 0.2) is 0 Å². The number of rotatable bonds is 1. The first-order valence-corrected chi connectivity index (χ1v) is 7.09. The molecule has 0 aromatic carbocycles. The standard InChI is InChI=1S/C9H10S.3C2H6/c1-3-5-9-8(4-2)6-7-10-9;3*1-2/h3-7H,1H2,2H3;3*1-2H3/b8-4-,9-5+;;;. The minimum Gasteiger partial charge on any atom is -0.144 e. The van der Waals surface area contributed by atoms with Gasteiger partial charge in [0.1, 0.15) is 0 Å². The Hall–Kier alpha value is -0.820. The van der Waals surface area contributed by atoms with Crippen LogP contribution in [0.15, 0.2) is 24.1 Å². The van der Waals surface area contributed by atoms with Gasteiger partial charge in [-0.3, -0.25) is 0 Å². The SMILES string of the molecule is C=C/C=c1/scc/c1=C/C.CC.CC.CC. The first kappa shape index (κ1) is 20.6. The maximum Gasteiger partial charge on any atom is 0.0339 e. The summed E-state index contributed by atoms with van der Waals surface area (Å²) in [4.78, 5) is 0. The zero-order valence-electron chi connectivity index (χ0n) is 12.0. The molecule has 0 bridgehead atoms. The van der Waals surface area contributed by atoms with E-state index in [9.17, 15) is 0 Å². The van der Waals surface area contributed by atoms with Crippen molar-refractivity contribution in [1.29, 1.82) is 0 Å². The second kappa shape index (κ2) is 19.7. The number of thiophene rings is 1. The Morgan fingerprint density at radius 3 is 1.94 bits per heavy atom. The maximum absolute atomic E-state index is 3.65. The Morgan fingerprint density at radius 2 is 1.56 bits per heavy atom. The van der Waals surface area contributed by atoms with E-state index in [1.54, 1.807) is 11.3 Å². The summed E-state index contributed by atoms with van der Waals surface area (Å²) in [5.74, 6) is 0. The number of hydrogen-bond acceptors (Lipinski definition) is 1. The summed E-state index contributed by atoms with van der Waals surface area (Å²) in [6.07, 6.45) is 5.95. The third-order valence-corrected chi connectivity index (χ3v) is 2.21. The summed E-state index contributed by atoms with van der Waals surface area (Å²) >= 11 is 1.74. The molecule has 0 radical (unpaired) electrons. The van der Waals surface area contributed by atoms with Gasteiger partial charge >= 0.3 is 0 Å². The van der Waals surface area contributed by atoms with Crippen LogP contribution in [-0.2, 0) is 0 Å². The Labute approximate surface area is 106 Å². The molecule has 16 heavy (non-hydrogen) atoms. The molecule has 1 aromatic heterocycles. The molecule has 0 saturated heterocycles. The zero-order chi connectivity index (χ0) is 13.4. The van der Waals surface area contributed by atoms with Crippen LogP contribution < -0.4 is 9.75 Å². The second-order valence-corrected chi connectivity index (χ2v) is 2.88. The molecule has 0 spiro atoms. The van der Waals surface area contributed by atoms with Crippen molar-refractivity contribution in [1.82, 2.24) is 0 Å². The summed E-state index contributed by atoms with van der Waals surface area (Å²) in [7, 11) is 0. The van der Waals surface area contributed by atoms with E-state index in [2.05, 4.69) is 24.1 Å². The zero-order valence-corrected chi connectivity index (χ0v) is 12.8. The van der Waals surface area contributed by atoms with Gasteiger partial charge in [-0.15, -0.1) is 11.3 Å². The molecule has 0 unspecified atom stereocenters. The van der Waals surface area contributed by atoms with E-state index in [0.29, 0.717) is 0 Å². The first-order chi connectivity index (χ1) is 7.88. The molecule has 0 atom stereocenters. The quantitative estimate of drug-likeness (QED) is 0.673. The van der Waals surface area contributed by atoms with Gasteiger partial charge in [-0.25, -0.2) is 0 Å². The molecule has 0 fully saturated rings. The van der Waals surface area contributed by atoms with Crippen LogP contribution in [0.1, 0.15) is 48.5 Å². The van der Waals surface area contributed by atoms with Gasteiger partial charge in [-0.05, 0) is 29.7 Å². The van der Waals surface area contributed by atoms with Crippen LogP contribution in [-0.4, -0.2) is 0 Å². The van der Waals surface area contributed by atoms with Crippen molar-refractivity contribution in [2.24, 2.45) is 0 Å². The van der Waals surface area contributed by atoms with E-state index in [0.717, 1.165) is 0 Å². The van der Waals surface area contributed by atoms with E-state index < -0.39 is 0 Å². The molecule has 0 amide bonds. The number of hydrogen-bond donors (Lipinski definition) is 0. The van der Waals surface area contributed by atoms with Gasteiger partial charge < -0.3 is 0 Å². The lowest BCUT2D eigenvalue weighted by molar-refractivity contribution is 1.50. The van der Waals surface area contributed by atoms with Gasteiger partial charge in [-0.2, -0.15) is 0 Å². The fraction of sp³-hybridized carbons (Fsp3) is 0.467. The van der Waals surface area contributed by atoms with Crippen LogP contribution in [0.4, 0.5) is 0 Å². The first-order valence-electron chi connectivity index (χ1n) is 6.21. The summed E-state index contributed by atoms with van der Waals surface area (Å²) in [5.41, 5.74) is 0. The molecule has 1 heteroatoms. The van der Waals surface area contributed by atoms with Crippen LogP contribution in [0.5, 0.6) is 0 Å². The topological polar surface area (TPSA) is 0 Å². The van der Waals surface area contributed by atoms with Crippen LogP contribution >= 0.6 is 11.3 Å². The monoisotopic (exact) mass is 240 g/mol. The molecule has 0 nitrogen and oxygen atoms in total. The smallest absolute Gasteiger partial charge is 0.0339 e. The van der Waals surface area contributed by atoms with Crippen molar-refractivity contribution in [2.75, 3.05) is 0 Å². The maximum atomic E-state index is 3.65. The lowest BCUT2D eigenvalue weighted by Gasteiger charge is -1.72. The third kappa shape index (κ3) is 9.72. The van der Waals surface area contributed by atoms with E-state index >= 15 is 0 Å². The van der Waals surface area contributed by atoms with Gasteiger partial charge in [-0.1, -0.05) is 60.3 Å². The highest BCUT2D eigenvalue weighted by Crippen LogP contribution is 1.81. The van der Waals surface area contributed by atoms with E-state index in [1.807, 2.05) is 60.6 Å². The average molecular weight is 240 g/mol. The molecule has 0 aliphatic rings. The second-order valence-electron chi connectivity index (χ2n) is 1.93. The lowest BCUT2D eigenvalue weighted by Crippen LogP contribution is -2.15. The fourth-order valence-corrected chi connectivity index (χ4v) is 1.67. The normalized spacial score (nSPS) is 9.94. The molecular weight excluding hydrogens is 212 g/mol. The predicted molar refractivity (Wildman–Crippen MR) is 82.4 cm³/mol. The predicted octanol–water partition coefficient (Wildman–Crippen LogP) is 4.59. The molecule has 1 heterocycles. The van der Waals surface area contributed by atoms with E-state index in [-0.39, 0.29) is 0 Å². The van der Waals surface area contributed by atoms with E-state index in [1.165, 1.54) is 9.75 Å². The minimum atomic E-state index is 1.29. The molecule has 1 aromatic rings. The van der Waals surface area contributed by atoms with Crippen molar-refractivity contribution in [3.05, 3.63) is 33.9 Å². The molecule has 1 rings (SSSR count). The van der Waals surface area contributed by atoms with Crippen molar-refractivity contribution < 1.29 is 0 Å². The van der Waals surface area contributed by atoms with Crippen LogP contribution in [0.3, 0.4) is 0 Å². The summed E-state index contributed by atoms with van der Waals surface area (Å²) in [6, 6.07) is 2.11. The highest BCUT2D eigenvalue weighted by atomic mass is 32.1. The summed E-state index contributed by atoms with van der Waals surface area (Å²) < 4.78 is 1.29. The van der Waals surface area contributed by atoms with Crippen LogP contribution in [0, 0.1) is 0 Å². The minimum absolute atomic E-state index is 1.29. The summed E-state index contributed by atoms with van der Waals surface area (Å²) in [6.45, 7) is 17.7. The Balaban J connectivity index is -0.000000245. The molecule has 0 saturated carbocycles. The third-order valence-electron chi connectivity index (χ3n) is 1.31. The molecule has 0 aliphatic carbocycles.